The Hall–Kier alpha value is -2.14. The molecule has 1 amide bonds. The number of rotatable bonds is 1. The van der Waals surface area contributed by atoms with Crippen LogP contribution in [0.15, 0.2) is 27.4 Å². The lowest BCUT2D eigenvalue weighted by Crippen LogP contribution is -2.47. The molecule has 0 atom stereocenters. The van der Waals surface area contributed by atoms with E-state index in [9.17, 15) is 9.59 Å². The fourth-order valence-electron chi connectivity index (χ4n) is 2.72. The molecular formula is C17H20N2O3. The maximum Gasteiger partial charge on any atom is 0.289 e. The number of nitrogens with zero attached hydrogens (tertiary/aromatic N) is 2. The van der Waals surface area contributed by atoms with E-state index in [-0.39, 0.29) is 17.1 Å². The molecule has 0 N–H and O–H groups in total. The molecule has 0 radical (unpaired) electrons. The number of benzene rings is 1. The summed E-state index contributed by atoms with van der Waals surface area (Å²) in [5.41, 5.74) is 2.30. The van der Waals surface area contributed by atoms with Gasteiger partial charge >= 0.3 is 0 Å². The molecule has 0 aliphatic carbocycles. The third-order valence-corrected chi connectivity index (χ3v) is 4.42. The first kappa shape index (κ1) is 14.8. The van der Waals surface area contributed by atoms with Crippen molar-refractivity contribution in [3.63, 3.8) is 0 Å². The zero-order chi connectivity index (χ0) is 15.9. The van der Waals surface area contributed by atoms with Crippen LogP contribution >= 0.6 is 0 Å². The summed E-state index contributed by atoms with van der Waals surface area (Å²) in [5, 5.41) is 0.526. The largest absolute Gasteiger partial charge is 0.450 e. The zero-order valence-corrected chi connectivity index (χ0v) is 13.2. The number of piperazine rings is 1. The number of hydrogen-bond acceptors (Lipinski definition) is 4. The Morgan fingerprint density at radius 2 is 1.82 bits per heavy atom. The third-order valence-electron chi connectivity index (χ3n) is 4.42. The molecule has 2 aromatic rings. The molecule has 1 aromatic heterocycles. The summed E-state index contributed by atoms with van der Waals surface area (Å²) < 4.78 is 5.79. The van der Waals surface area contributed by atoms with Gasteiger partial charge in [-0.1, -0.05) is 6.07 Å². The van der Waals surface area contributed by atoms with Gasteiger partial charge in [0.15, 0.2) is 11.2 Å². The predicted octanol–water partition coefficient (Wildman–Crippen LogP) is 1.80. The van der Waals surface area contributed by atoms with Crippen molar-refractivity contribution in [1.82, 2.24) is 9.80 Å². The number of likely N-dealkylation sites (N-methyl/N-ethyl adjacent to an activating group) is 1. The molecule has 116 valence electrons. The highest BCUT2D eigenvalue weighted by Crippen LogP contribution is 2.21. The van der Waals surface area contributed by atoms with E-state index < -0.39 is 0 Å². The van der Waals surface area contributed by atoms with Crippen molar-refractivity contribution in [2.75, 3.05) is 33.2 Å². The topological polar surface area (TPSA) is 53.8 Å². The number of carbonyl (C=O) groups excluding carboxylic acids is 1. The SMILES string of the molecule is Cc1ccc2c(=O)cc(C(=O)N3CCN(C)CC3)oc2c1C. The lowest BCUT2D eigenvalue weighted by Gasteiger charge is -2.32. The van der Waals surface area contributed by atoms with Crippen LogP contribution in [0.1, 0.15) is 21.7 Å². The summed E-state index contributed by atoms with van der Waals surface area (Å²) in [7, 11) is 2.03. The Morgan fingerprint density at radius 3 is 2.50 bits per heavy atom. The normalized spacial score (nSPS) is 16.2. The van der Waals surface area contributed by atoms with Crippen LogP contribution in [0.5, 0.6) is 0 Å². The van der Waals surface area contributed by atoms with E-state index in [0.717, 1.165) is 24.2 Å². The van der Waals surface area contributed by atoms with Crippen LogP contribution in [0.2, 0.25) is 0 Å². The molecule has 1 aliphatic rings. The molecule has 0 saturated carbocycles. The van der Waals surface area contributed by atoms with Crippen molar-refractivity contribution in [2.45, 2.75) is 13.8 Å². The van der Waals surface area contributed by atoms with Gasteiger partial charge in [-0.15, -0.1) is 0 Å². The van der Waals surface area contributed by atoms with Crippen molar-refractivity contribution in [2.24, 2.45) is 0 Å². The van der Waals surface area contributed by atoms with E-state index in [2.05, 4.69) is 4.90 Å². The van der Waals surface area contributed by atoms with Crippen molar-refractivity contribution < 1.29 is 9.21 Å². The van der Waals surface area contributed by atoms with Gasteiger partial charge in [0.25, 0.3) is 5.91 Å². The van der Waals surface area contributed by atoms with E-state index >= 15 is 0 Å². The summed E-state index contributed by atoms with van der Waals surface area (Å²) in [6.07, 6.45) is 0. The van der Waals surface area contributed by atoms with Gasteiger partial charge in [0.05, 0.1) is 5.39 Å². The van der Waals surface area contributed by atoms with Crippen molar-refractivity contribution in [3.05, 3.63) is 45.3 Å². The molecule has 1 aliphatic heterocycles. The van der Waals surface area contributed by atoms with Crippen molar-refractivity contribution >= 4 is 16.9 Å². The van der Waals surface area contributed by atoms with Gasteiger partial charge in [0.2, 0.25) is 0 Å². The van der Waals surface area contributed by atoms with E-state index in [1.54, 1.807) is 11.0 Å². The van der Waals surface area contributed by atoms with Crippen molar-refractivity contribution in [3.8, 4) is 0 Å². The van der Waals surface area contributed by atoms with Crippen LogP contribution in [-0.2, 0) is 0 Å². The molecule has 2 heterocycles. The van der Waals surface area contributed by atoms with E-state index in [1.807, 2.05) is 27.0 Å². The number of hydrogen-bond donors (Lipinski definition) is 0. The first-order valence-electron chi connectivity index (χ1n) is 7.49. The zero-order valence-electron chi connectivity index (χ0n) is 13.2. The van der Waals surface area contributed by atoms with Crippen LogP contribution in [0, 0.1) is 13.8 Å². The number of fused-ring (bicyclic) bond motifs is 1. The highest BCUT2D eigenvalue weighted by molar-refractivity contribution is 5.93. The maximum absolute atomic E-state index is 12.6. The van der Waals surface area contributed by atoms with Crippen LogP contribution < -0.4 is 5.43 Å². The molecule has 3 rings (SSSR count). The molecule has 0 bridgehead atoms. The van der Waals surface area contributed by atoms with E-state index in [1.165, 1.54) is 6.07 Å². The molecule has 1 saturated heterocycles. The second-order valence-electron chi connectivity index (χ2n) is 5.95. The minimum absolute atomic E-state index is 0.135. The Morgan fingerprint density at radius 1 is 1.14 bits per heavy atom. The van der Waals surface area contributed by atoms with Crippen LogP contribution in [0.3, 0.4) is 0 Å². The highest BCUT2D eigenvalue weighted by Gasteiger charge is 2.23. The highest BCUT2D eigenvalue weighted by atomic mass is 16.3. The monoisotopic (exact) mass is 300 g/mol. The fraction of sp³-hybridized carbons (Fsp3) is 0.412. The first-order valence-corrected chi connectivity index (χ1v) is 7.49. The predicted molar refractivity (Wildman–Crippen MR) is 85.4 cm³/mol. The smallest absolute Gasteiger partial charge is 0.289 e. The lowest BCUT2D eigenvalue weighted by molar-refractivity contribution is 0.0633. The molecule has 5 heteroatoms. The number of amides is 1. The van der Waals surface area contributed by atoms with Gasteiger partial charge in [-0.3, -0.25) is 9.59 Å². The van der Waals surface area contributed by atoms with Gasteiger partial charge in [0.1, 0.15) is 5.58 Å². The van der Waals surface area contributed by atoms with Gasteiger partial charge in [-0.25, -0.2) is 0 Å². The summed E-state index contributed by atoms with van der Waals surface area (Å²) >= 11 is 0. The average molecular weight is 300 g/mol. The van der Waals surface area contributed by atoms with E-state index in [4.69, 9.17) is 4.42 Å². The summed E-state index contributed by atoms with van der Waals surface area (Å²) in [6, 6.07) is 4.97. The molecule has 1 aromatic carbocycles. The first-order chi connectivity index (χ1) is 10.5. The molecule has 0 unspecified atom stereocenters. The quantitative estimate of drug-likeness (QED) is 0.806. The van der Waals surface area contributed by atoms with E-state index in [0.29, 0.717) is 24.1 Å². The molecule has 1 fully saturated rings. The Balaban J connectivity index is 2.02. The molecular weight excluding hydrogens is 280 g/mol. The molecule has 5 nitrogen and oxygen atoms in total. The fourth-order valence-corrected chi connectivity index (χ4v) is 2.72. The molecule has 0 spiro atoms. The number of aryl methyl sites for hydroxylation is 2. The van der Waals surface area contributed by atoms with Crippen LogP contribution in [0.4, 0.5) is 0 Å². The summed E-state index contributed by atoms with van der Waals surface area (Å²) in [4.78, 5) is 28.8. The Labute approximate surface area is 129 Å². The average Bonchev–Trinajstić information content (AvgIpc) is 2.51. The standard InChI is InChI=1S/C17H20N2O3/c1-11-4-5-13-14(20)10-15(22-16(13)12(11)2)17(21)19-8-6-18(3)7-9-19/h4-5,10H,6-9H2,1-3H3. The summed E-state index contributed by atoms with van der Waals surface area (Å²) in [5.74, 6) is -0.0660. The van der Waals surface area contributed by atoms with Crippen LogP contribution in [-0.4, -0.2) is 48.9 Å². The number of carbonyl (C=O) groups is 1. The summed E-state index contributed by atoms with van der Waals surface area (Å²) in [6.45, 7) is 6.85. The second kappa shape index (κ2) is 5.57. The minimum Gasteiger partial charge on any atom is -0.450 e. The van der Waals surface area contributed by atoms with Crippen LogP contribution in [0.25, 0.3) is 11.0 Å². The minimum atomic E-state index is -0.201. The maximum atomic E-state index is 12.6. The Kier molecular flexibility index (Phi) is 3.74. The van der Waals surface area contributed by atoms with Gasteiger partial charge in [-0.05, 0) is 38.1 Å². The van der Waals surface area contributed by atoms with Gasteiger partial charge in [-0.2, -0.15) is 0 Å². The van der Waals surface area contributed by atoms with Gasteiger partial charge < -0.3 is 14.2 Å². The Bertz CT molecular complexity index is 786. The molecule has 22 heavy (non-hydrogen) atoms. The van der Waals surface area contributed by atoms with Crippen molar-refractivity contribution in [1.29, 1.82) is 0 Å². The van der Waals surface area contributed by atoms with Gasteiger partial charge in [0, 0.05) is 32.2 Å². The second-order valence-corrected chi connectivity index (χ2v) is 5.95. The third kappa shape index (κ3) is 2.52. The lowest BCUT2D eigenvalue weighted by atomic mass is 10.1.